The number of morpholine rings is 1. The van der Waals surface area contributed by atoms with E-state index < -0.39 is 5.82 Å². The molecule has 2 aliphatic heterocycles. The molecule has 1 saturated heterocycles. The number of H-pyrrole nitrogens is 1. The molecule has 2 N–H and O–H groups in total. The summed E-state index contributed by atoms with van der Waals surface area (Å²) in [7, 11) is 0. The van der Waals surface area contributed by atoms with Crippen molar-refractivity contribution in [1.29, 1.82) is 0 Å². The van der Waals surface area contributed by atoms with Crippen molar-refractivity contribution in [3.8, 4) is 5.75 Å². The first kappa shape index (κ1) is 17.5. The Balaban J connectivity index is 1.65. The molecule has 27 heavy (non-hydrogen) atoms. The monoisotopic (exact) mass is 372 g/mol. The number of imidazole rings is 1. The lowest BCUT2D eigenvalue weighted by molar-refractivity contribution is -0.110. The highest BCUT2D eigenvalue weighted by atomic mass is 19.1. The van der Waals surface area contributed by atoms with Gasteiger partial charge in [-0.25, -0.2) is 9.37 Å². The lowest BCUT2D eigenvalue weighted by atomic mass is 10.1. The van der Waals surface area contributed by atoms with E-state index in [0.717, 1.165) is 19.0 Å². The van der Waals surface area contributed by atoms with Gasteiger partial charge in [-0.15, -0.1) is 0 Å². The normalized spacial score (nSPS) is 18.1. The summed E-state index contributed by atoms with van der Waals surface area (Å²) in [6.45, 7) is 6.51. The number of carbonyl (C=O) groups excluding carboxylic acids is 1. The third-order valence-corrected chi connectivity index (χ3v) is 4.41. The van der Waals surface area contributed by atoms with Gasteiger partial charge in [-0.3, -0.25) is 4.79 Å². The van der Waals surface area contributed by atoms with E-state index in [9.17, 15) is 9.18 Å². The highest BCUT2D eigenvalue weighted by Gasteiger charge is 2.27. The molecule has 1 aromatic heterocycles. The fourth-order valence-electron chi connectivity index (χ4n) is 3.17. The largest absolute Gasteiger partial charge is 0.488 e. The summed E-state index contributed by atoms with van der Waals surface area (Å²) in [4.78, 5) is 22.1. The van der Waals surface area contributed by atoms with Gasteiger partial charge in [-0.1, -0.05) is 0 Å². The number of carbonyl (C=O) groups is 1. The molecular formula is C19H21FN4O3. The predicted molar refractivity (Wildman–Crippen MR) is 100 cm³/mol. The zero-order valence-corrected chi connectivity index (χ0v) is 15.2. The summed E-state index contributed by atoms with van der Waals surface area (Å²) < 4.78 is 25.0. The Morgan fingerprint density at radius 2 is 2.11 bits per heavy atom. The maximum absolute atomic E-state index is 14.2. The highest BCUT2D eigenvalue weighted by Crippen LogP contribution is 2.37. The average molecular weight is 372 g/mol. The van der Waals surface area contributed by atoms with Crippen molar-refractivity contribution < 1.29 is 18.7 Å². The number of fused-ring (bicyclic) bond motifs is 1. The van der Waals surface area contributed by atoms with Crippen LogP contribution in [0.25, 0.3) is 11.6 Å². The number of rotatable bonds is 4. The summed E-state index contributed by atoms with van der Waals surface area (Å²) in [6, 6.07) is 2.85. The number of hydrogen-bond acceptors (Lipinski definition) is 5. The van der Waals surface area contributed by atoms with E-state index >= 15 is 0 Å². The van der Waals surface area contributed by atoms with Gasteiger partial charge in [-0.2, -0.15) is 0 Å². The van der Waals surface area contributed by atoms with Crippen LogP contribution in [0, 0.1) is 5.82 Å². The Hall–Kier alpha value is -2.87. The zero-order chi connectivity index (χ0) is 19.0. The van der Waals surface area contributed by atoms with Crippen molar-refractivity contribution in [3.63, 3.8) is 0 Å². The fourth-order valence-corrected chi connectivity index (χ4v) is 3.17. The molecule has 0 bridgehead atoms. The van der Waals surface area contributed by atoms with Crippen molar-refractivity contribution in [2.45, 2.75) is 20.0 Å². The molecule has 1 amide bonds. The second kappa shape index (κ2) is 7.03. The smallest absolute Gasteiger partial charge is 0.256 e. The summed E-state index contributed by atoms with van der Waals surface area (Å²) >= 11 is 0. The lowest BCUT2D eigenvalue weighted by Crippen LogP contribution is -2.36. The summed E-state index contributed by atoms with van der Waals surface area (Å²) in [6.07, 6.45) is 3.23. The highest BCUT2D eigenvalue weighted by molar-refractivity contribution is 6.34. The van der Waals surface area contributed by atoms with Crippen LogP contribution in [0.5, 0.6) is 5.75 Å². The minimum atomic E-state index is -0.500. The standard InChI is InChI=1S/C19H21FN4O3/c1-11(2)27-17-8-13-14(18(25)23-16(13)9-15(17)20)7-12-10-21-19(22-12)24-3-5-26-6-4-24/h7-11H,3-6H2,1-2H3,(H,21,22)(H,23,25). The van der Waals surface area contributed by atoms with Crippen LogP contribution in [0.3, 0.4) is 0 Å². The molecular weight excluding hydrogens is 351 g/mol. The first-order valence-corrected chi connectivity index (χ1v) is 8.92. The van der Waals surface area contributed by atoms with Gasteiger partial charge >= 0.3 is 0 Å². The van der Waals surface area contributed by atoms with Crippen LogP contribution in [-0.4, -0.2) is 48.3 Å². The van der Waals surface area contributed by atoms with Crippen LogP contribution in [0.1, 0.15) is 25.1 Å². The molecule has 3 heterocycles. The fraction of sp³-hybridized carbons (Fsp3) is 0.368. The summed E-state index contributed by atoms with van der Waals surface area (Å²) in [5.74, 6) is 0.0882. The minimum absolute atomic E-state index is 0.129. The van der Waals surface area contributed by atoms with Crippen LogP contribution in [0.15, 0.2) is 18.3 Å². The summed E-state index contributed by atoms with van der Waals surface area (Å²) in [5, 5.41) is 2.70. The van der Waals surface area contributed by atoms with Crippen LogP contribution in [0.2, 0.25) is 0 Å². The molecule has 2 aromatic rings. The lowest BCUT2D eigenvalue weighted by Gasteiger charge is -2.26. The van der Waals surface area contributed by atoms with Crippen molar-refractivity contribution >= 4 is 29.2 Å². The molecule has 0 spiro atoms. The molecule has 2 aliphatic rings. The molecule has 8 heteroatoms. The van der Waals surface area contributed by atoms with Gasteiger partial charge in [0.05, 0.1) is 42.5 Å². The number of nitrogens with zero attached hydrogens (tertiary/aromatic N) is 2. The second-order valence-corrected chi connectivity index (χ2v) is 6.77. The topological polar surface area (TPSA) is 79.5 Å². The molecule has 0 unspecified atom stereocenters. The molecule has 0 atom stereocenters. The van der Waals surface area contributed by atoms with Crippen molar-refractivity contribution in [2.75, 3.05) is 36.5 Å². The van der Waals surface area contributed by atoms with Crippen molar-refractivity contribution in [1.82, 2.24) is 9.97 Å². The van der Waals surface area contributed by atoms with Gasteiger partial charge in [0.15, 0.2) is 11.6 Å². The minimum Gasteiger partial charge on any atom is -0.488 e. The summed E-state index contributed by atoms with van der Waals surface area (Å²) in [5.41, 5.74) is 2.19. The van der Waals surface area contributed by atoms with Crippen LogP contribution in [-0.2, 0) is 9.53 Å². The molecule has 4 rings (SSSR count). The molecule has 0 saturated carbocycles. The van der Waals surface area contributed by atoms with Gasteiger partial charge in [-0.05, 0) is 26.0 Å². The number of amides is 1. The Kier molecular flexibility index (Phi) is 4.57. The van der Waals surface area contributed by atoms with E-state index in [1.165, 1.54) is 6.07 Å². The van der Waals surface area contributed by atoms with Crippen molar-refractivity contribution in [3.05, 3.63) is 35.4 Å². The Morgan fingerprint density at radius 3 is 2.85 bits per heavy atom. The molecule has 142 valence electrons. The third-order valence-electron chi connectivity index (χ3n) is 4.41. The Labute approximate surface area is 156 Å². The quantitative estimate of drug-likeness (QED) is 0.807. The van der Waals surface area contributed by atoms with Crippen molar-refractivity contribution in [2.24, 2.45) is 0 Å². The van der Waals surface area contributed by atoms with E-state index in [0.29, 0.717) is 35.7 Å². The maximum atomic E-state index is 14.2. The number of hydrogen-bond donors (Lipinski definition) is 2. The SMILES string of the molecule is CC(C)Oc1cc2c(cc1F)NC(=O)C2=Cc1cnc(N2CCOCC2)[nH]1. The first-order valence-electron chi connectivity index (χ1n) is 8.92. The number of halogens is 1. The maximum Gasteiger partial charge on any atom is 0.256 e. The third kappa shape index (κ3) is 3.52. The predicted octanol–water partition coefficient (Wildman–Crippen LogP) is 2.67. The van der Waals surface area contributed by atoms with E-state index in [2.05, 4.69) is 20.2 Å². The molecule has 1 fully saturated rings. The first-order chi connectivity index (χ1) is 13.0. The van der Waals surface area contributed by atoms with E-state index in [-0.39, 0.29) is 17.8 Å². The number of ether oxygens (including phenoxy) is 2. The number of aromatic amines is 1. The molecule has 0 aliphatic carbocycles. The Morgan fingerprint density at radius 1 is 1.33 bits per heavy atom. The van der Waals surface area contributed by atoms with Crippen LogP contribution >= 0.6 is 0 Å². The van der Waals surface area contributed by atoms with Gasteiger partial charge in [0, 0.05) is 24.7 Å². The van der Waals surface area contributed by atoms with E-state index in [1.807, 2.05) is 13.8 Å². The van der Waals surface area contributed by atoms with Gasteiger partial charge < -0.3 is 24.7 Å². The van der Waals surface area contributed by atoms with Gasteiger partial charge in [0.2, 0.25) is 5.95 Å². The number of nitrogens with one attached hydrogen (secondary N) is 2. The molecule has 0 radical (unpaired) electrons. The van der Waals surface area contributed by atoms with Crippen LogP contribution in [0.4, 0.5) is 16.0 Å². The van der Waals surface area contributed by atoms with Gasteiger partial charge in [0.1, 0.15) is 0 Å². The van der Waals surface area contributed by atoms with Gasteiger partial charge in [0.25, 0.3) is 5.91 Å². The number of anilines is 2. The zero-order valence-electron chi connectivity index (χ0n) is 15.2. The van der Waals surface area contributed by atoms with Crippen LogP contribution < -0.4 is 15.0 Å². The van der Waals surface area contributed by atoms with E-state index in [1.54, 1.807) is 18.3 Å². The average Bonchev–Trinajstić information content (AvgIpc) is 3.22. The molecule has 7 nitrogen and oxygen atoms in total. The number of aromatic nitrogens is 2. The Bertz CT molecular complexity index is 900. The second-order valence-electron chi connectivity index (χ2n) is 6.77. The molecule has 1 aromatic carbocycles. The number of benzene rings is 1. The van der Waals surface area contributed by atoms with E-state index in [4.69, 9.17) is 9.47 Å².